The number of alkyl halides is 1. The van der Waals surface area contributed by atoms with E-state index in [2.05, 4.69) is 0 Å². The molecule has 2 nitrogen and oxygen atoms in total. The number of piperidine rings is 1. The first-order valence-electron chi connectivity index (χ1n) is 4.42. The van der Waals surface area contributed by atoms with Crippen molar-refractivity contribution < 1.29 is 9.18 Å². The second-order valence-corrected chi connectivity index (χ2v) is 3.93. The summed E-state index contributed by atoms with van der Waals surface area (Å²) < 4.78 is 12.7. The van der Waals surface area contributed by atoms with Crippen LogP contribution in [0.15, 0.2) is 0 Å². The van der Waals surface area contributed by atoms with E-state index in [1.54, 1.807) is 0 Å². The number of hydrogen-bond acceptors (Lipinski definition) is 2. The fourth-order valence-corrected chi connectivity index (χ4v) is 1.50. The molecule has 1 fully saturated rings. The molecule has 1 saturated heterocycles. The molecular formula is C9H16FNO. The Morgan fingerprint density at radius 3 is 2.33 bits per heavy atom. The van der Waals surface area contributed by atoms with Gasteiger partial charge in [-0.3, -0.25) is 4.90 Å². The molecule has 0 spiro atoms. The Morgan fingerprint density at radius 1 is 1.42 bits per heavy atom. The molecular weight excluding hydrogens is 157 g/mol. The first kappa shape index (κ1) is 9.65. The molecule has 1 aliphatic rings. The Kier molecular flexibility index (Phi) is 2.83. The minimum Gasteiger partial charge on any atom is -0.301 e. The van der Waals surface area contributed by atoms with Gasteiger partial charge in [0, 0.05) is 13.1 Å². The first-order chi connectivity index (χ1) is 5.56. The largest absolute Gasteiger partial charge is 0.301 e. The van der Waals surface area contributed by atoms with Crippen LogP contribution < -0.4 is 0 Å². The van der Waals surface area contributed by atoms with Crippen LogP contribution in [0.4, 0.5) is 4.39 Å². The maximum Gasteiger partial charge on any atom is 0.139 e. The first-order valence-corrected chi connectivity index (χ1v) is 4.42. The van der Waals surface area contributed by atoms with Crippen LogP contribution in [-0.4, -0.2) is 36.0 Å². The zero-order valence-electron chi connectivity index (χ0n) is 7.72. The Balaban J connectivity index is 2.49. The second kappa shape index (κ2) is 3.52. The van der Waals surface area contributed by atoms with Gasteiger partial charge in [0.15, 0.2) is 0 Å². The van der Waals surface area contributed by atoms with Crippen LogP contribution in [0.5, 0.6) is 0 Å². The number of carbonyl (C=O) groups is 1. The Morgan fingerprint density at radius 2 is 1.92 bits per heavy atom. The molecule has 0 unspecified atom stereocenters. The number of nitrogens with zero attached hydrogens (tertiary/aromatic N) is 1. The second-order valence-electron chi connectivity index (χ2n) is 3.93. The molecule has 1 rings (SSSR count). The molecule has 0 atom stereocenters. The van der Waals surface area contributed by atoms with Crippen LogP contribution in [-0.2, 0) is 4.79 Å². The molecule has 0 radical (unpaired) electrons. The van der Waals surface area contributed by atoms with Gasteiger partial charge in [-0.1, -0.05) is 0 Å². The third-order valence-corrected chi connectivity index (χ3v) is 2.53. The summed E-state index contributed by atoms with van der Waals surface area (Å²) in [7, 11) is 0. The summed E-state index contributed by atoms with van der Waals surface area (Å²) in [5, 5.41) is 0. The molecule has 0 N–H and O–H groups in total. The minimum absolute atomic E-state index is 0.417. The van der Waals surface area contributed by atoms with Crippen molar-refractivity contribution in [3.05, 3.63) is 0 Å². The van der Waals surface area contributed by atoms with E-state index in [0.29, 0.717) is 25.9 Å². The van der Waals surface area contributed by atoms with Gasteiger partial charge in [-0.25, -0.2) is 4.39 Å². The van der Waals surface area contributed by atoms with E-state index in [4.69, 9.17) is 0 Å². The van der Waals surface area contributed by atoms with Gasteiger partial charge in [-0.2, -0.15) is 0 Å². The lowest BCUT2D eigenvalue weighted by Gasteiger charge is -2.37. The van der Waals surface area contributed by atoms with E-state index < -0.39 is 11.7 Å². The van der Waals surface area contributed by atoms with Crippen molar-refractivity contribution in [2.75, 3.05) is 13.1 Å². The Hall–Kier alpha value is -0.440. The van der Waals surface area contributed by atoms with Crippen LogP contribution in [0.1, 0.15) is 26.7 Å². The van der Waals surface area contributed by atoms with Crippen LogP contribution in [0.3, 0.4) is 0 Å². The molecule has 0 aromatic heterocycles. The molecule has 0 aromatic carbocycles. The van der Waals surface area contributed by atoms with Crippen molar-refractivity contribution in [3.8, 4) is 0 Å². The van der Waals surface area contributed by atoms with E-state index in [-0.39, 0.29) is 0 Å². The standard InChI is InChI=1S/C9H16FNO/c1-9(2,7-12)11-5-3-8(10)4-6-11/h7-8H,3-6H2,1-2H3. The number of halogens is 1. The average Bonchev–Trinajstić information content (AvgIpc) is 2.05. The molecule has 70 valence electrons. The lowest BCUT2D eigenvalue weighted by molar-refractivity contribution is -0.117. The summed E-state index contributed by atoms with van der Waals surface area (Å²) in [6, 6.07) is 0. The van der Waals surface area contributed by atoms with E-state index in [1.165, 1.54) is 0 Å². The molecule has 0 amide bonds. The summed E-state index contributed by atoms with van der Waals surface area (Å²) in [6.45, 7) is 5.15. The van der Waals surface area contributed by atoms with Crippen molar-refractivity contribution in [1.29, 1.82) is 0 Å². The molecule has 0 aromatic rings. The maximum absolute atomic E-state index is 12.7. The monoisotopic (exact) mass is 173 g/mol. The topological polar surface area (TPSA) is 20.3 Å². The molecule has 0 aliphatic carbocycles. The smallest absolute Gasteiger partial charge is 0.139 e. The van der Waals surface area contributed by atoms with Crippen molar-refractivity contribution in [1.82, 2.24) is 4.90 Å². The lowest BCUT2D eigenvalue weighted by Crippen LogP contribution is -2.49. The van der Waals surface area contributed by atoms with Crippen LogP contribution in [0.2, 0.25) is 0 Å². The van der Waals surface area contributed by atoms with E-state index in [9.17, 15) is 9.18 Å². The number of rotatable bonds is 2. The van der Waals surface area contributed by atoms with E-state index in [0.717, 1.165) is 6.29 Å². The molecule has 12 heavy (non-hydrogen) atoms. The highest BCUT2D eigenvalue weighted by Crippen LogP contribution is 2.20. The van der Waals surface area contributed by atoms with Gasteiger partial charge >= 0.3 is 0 Å². The number of likely N-dealkylation sites (tertiary alicyclic amines) is 1. The van der Waals surface area contributed by atoms with Crippen LogP contribution >= 0.6 is 0 Å². The predicted octanol–water partition coefficient (Wildman–Crippen LogP) is 1.40. The zero-order valence-corrected chi connectivity index (χ0v) is 7.72. The van der Waals surface area contributed by atoms with Gasteiger partial charge < -0.3 is 4.79 Å². The summed E-state index contributed by atoms with van der Waals surface area (Å²) in [4.78, 5) is 12.7. The lowest BCUT2D eigenvalue weighted by atomic mass is 10.00. The molecule has 0 saturated carbocycles. The third kappa shape index (κ3) is 2.03. The maximum atomic E-state index is 12.7. The van der Waals surface area contributed by atoms with Crippen LogP contribution in [0.25, 0.3) is 0 Å². The van der Waals surface area contributed by atoms with Crippen molar-refractivity contribution in [2.24, 2.45) is 0 Å². The fraction of sp³-hybridized carbons (Fsp3) is 0.889. The molecule has 3 heteroatoms. The normalized spacial score (nSPS) is 22.6. The average molecular weight is 173 g/mol. The summed E-state index contributed by atoms with van der Waals surface area (Å²) in [5.74, 6) is 0. The summed E-state index contributed by atoms with van der Waals surface area (Å²) in [6.07, 6.45) is 1.41. The molecule has 1 heterocycles. The van der Waals surface area contributed by atoms with Crippen molar-refractivity contribution in [3.63, 3.8) is 0 Å². The minimum atomic E-state index is -0.663. The van der Waals surface area contributed by atoms with Crippen molar-refractivity contribution >= 4 is 6.29 Å². The van der Waals surface area contributed by atoms with Crippen LogP contribution in [0, 0.1) is 0 Å². The van der Waals surface area contributed by atoms with Gasteiger partial charge in [0.2, 0.25) is 0 Å². The van der Waals surface area contributed by atoms with Gasteiger partial charge in [-0.05, 0) is 26.7 Å². The van der Waals surface area contributed by atoms with Crippen molar-refractivity contribution in [2.45, 2.75) is 38.4 Å². The highest BCUT2D eigenvalue weighted by molar-refractivity contribution is 5.62. The van der Waals surface area contributed by atoms with Gasteiger partial charge in [0.25, 0.3) is 0 Å². The van der Waals surface area contributed by atoms with E-state index in [1.807, 2.05) is 18.7 Å². The predicted molar refractivity (Wildman–Crippen MR) is 45.8 cm³/mol. The Bertz CT molecular complexity index is 162. The number of carbonyl (C=O) groups excluding carboxylic acids is 1. The summed E-state index contributed by atoms with van der Waals surface area (Å²) >= 11 is 0. The molecule has 0 bridgehead atoms. The fourth-order valence-electron chi connectivity index (χ4n) is 1.50. The van der Waals surface area contributed by atoms with Gasteiger partial charge in [-0.15, -0.1) is 0 Å². The SMILES string of the molecule is CC(C)(C=O)N1CCC(F)CC1. The highest BCUT2D eigenvalue weighted by atomic mass is 19.1. The highest BCUT2D eigenvalue weighted by Gasteiger charge is 2.29. The Labute approximate surface area is 72.7 Å². The number of hydrogen-bond donors (Lipinski definition) is 0. The third-order valence-electron chi connectivity index (χ3n) is 2.53. The number of aldehydes is 1. The van der Waals surface area contributed by atoms with E-state index >= 15 is 0 Å². The quantitative estimate of drug-likeness (QED) is 0.588. The summed E-state index contributed by atoms with van der Waals surface area (Å²) in [5.41, 5.74) is -0.417. The molecule has 1 aliphatic heterocycles. The van der Waals surface area contributed by atoms with Gasteiger partial charge in [0.1, 0.15) is 12.5 Å². The van der Waals surface area contributed by atoms with Gasteiger partial charge in [0.05, 0.1) is 5.54 Å². The zero-order chi connectivity index (χ0) is 9.19.